The predicted octanol–water partition coefficient (Wildman–Crippen LogP) is 5.27. The number of hydrogen-bond donors (Lipinski definition) is 2. The zero-order chi connectivity index (χ0) is 19.0. The van der Waals surface area contributed by atoms with Crippen LogP contribution in [0.4, 0.5) is 5.69 Å². The fourth-order valence-electron chi connectivity index (χ4n) is 2.93. The molecule has 5 nitrogen and oxygen atoms in total. The molecule has 134 valence electrons. The van der Waals surface area contributed by atoms with Gasteiger partial charge in [-0.2, -0.15) is 0 Å². The second kappa shape index (κ2) is 6.61. The Morgan fingerprint density at radius 3 is 2.67 bits per heavy atom. The van der Waals surface area contributed by atoms with Gasteiger partial charge in [0.15, 0.2) is 5.58 Å². The minimum absolute atomic E-state index is 0.00836. The van der Waals surface area contributed by atoms with Gasteiger partial charge in [0.05, 0.1) is 5.69 Å². The summed E-state index contributed by atoms with van der Waals surface area (Å²) in [4.78, 5) is 9.09. The first-order valence-electron chi connectivity index (χ1n) is 8.54. The van der Waals surface area contributed by atoms with E-state index in [1.54, 1.807) is 12.3 Å². The fraction of sp³-hybridized carbons (Fsp3) is 0.0909. The highest BCUT2D eigenvalue weighted by atomic mass is 16.3. The van der Waals surface area contributed by atoms with Gasteiger partial charge in [0.2, 0.25) is 5.89 Å². The van der Waals surface area contributed by atoms with E-state index in [-0.39, 0.29) is 11.5 Å². The number of aromatic nitrogens is 1. The molecule has 27 heavy (non-hydrogen) atoms. The van der Waals surface area contributed by atoms with Crippen molar-refractivity contribution in [1.29, 1.82) is 0 Å². The van der Waals surface area contributed by atoms with Gasteiger partial charge >= 0.3 is 0 Å². The number of phenols is 2. The summed E-state index contributed by atoms with van der Waals surface area (Å²) >= 11 is 0. The molecular formula is C22H18N2O3. The fourth-order valence-corrected chi connectivity index (χ4v) is 2.93. The lowest BCUT2D eigenvalue weighted by molar-refractivity contribution is 0.450. The van der Waals surface area contributed by atoms with Gasteiger partial charge in [0, 0.05) is 23.4 Å². The van der Waals surface area contributed by atoms with Crippen molar-refractivity contribution in [1.82, 2.24) is 4.98 Å². The number of hydrogen-bond acceptors (Lipinski definition) is 5. The Hall–Kier alpha value is -3.60. The lowest BCUT2D eigenvalue weighted by Gasteiger charge is -2.05. The van der Waals surface area contributed by atoms with E-state index in [9.17, 15) is 10.2 Å². The Balaban J connectivity index is 1.72. The lowest BCUT2D eigenvalue weighted by Crippen LogP contribution is -1.86. The summed E-state index contributed by atoms with van der Waals surface area (Å²) in [6.07, 6.45) is 1.57. The summed E-state index contributed by atoms with van der Waals surface area (Å²) < 4.78 is 5.91. The van der Waals surface area contributed by atoms with E-state index in [2.05, 4.69) is 9.98 Å². The number of fused-ring (bicyclic) bond motifs is 1. The van der Waals surface area contributed by atoms with Crippen LogP contribution in [0.1, 0.15) is 16.7 Å². The summed E-state index contributed by atoms with van der Waals surface area (Å²) in [5.74, 6) is 0.536. The highest BCUT2D eigenvalue weighted by molar-refractivity contribution is 5.86. The molecule has 0 atom stereocenters. The van der Waals surface area contributed by atoms with E-state index < -0.39 is 0 Å². The lowest BCUT2D eigenvalue weighted by atomic mass is 10.1. The van der Waals surface area contributed by atoms with Crippen molar-refractivity contribution in [2.75, 3.05) is 0 Å². The van der Waals surface area contributed by atoms with Crippen LogP contribution >= 0.6 is 0 Å². The molecule has 2 N–H and O–H groups in total. The molecule has 0 aliphatic rings. The Morgan fingerprint density at radius 2 is 1.85 bits per heavy atom. The van der Waals surface area contributed by atoms with Crippen LogP contribution in [-0.4, -0.2) is 21.4 Å². The van der Waals surface area contributed by atoms with Crippen LogP contribution in [0.15, 0.2) is 64.0 Å². The third-order valence-electron chi connectivity index (χ3n) is 4.44. The molecule has 0 amide bonds. The maximum atomic E-state index is 9.90. The molecule has 0 unspecified atom stereocenters. The van der Waals surface area contributed by atoms with Crippen LogP contribution in [0.3, 0.4) is 0 Å². The highest BCUT2D eigenvalue weighted by Gasteiger charge is 2.12. The normalized spacial score (nSPS) is 11.5. The molecule has 5 heteroatoms. The van der Waals surface area contributed by atoms with Gasteiger partial charge in [-0.1, -0.05) is 12.1 Å². The molecule has 4 aromatic rings. The van der Waals surface area contributed by atoms with Crippen LogP contribution in [0.25, 0.3) is 22.6 Å². The molecule has 1 heterocycles. The standard InChI is InChI=1S/C22H18N2O3/c1-13-6-9-21-19(10-13)24-22(27-21)17-4-3-5-18(14(17)2)23-12-15-7-8-16(25)11-20(15)26/h3-12,25-26H,1-2H3. The molecule has 0 fully saturated rings. The number of aliphatic imine (C=N–C) groups is 1. The van der Waals surface area contributed by atoms with Crippen molar-refractivity contribution < 1.29 is 14.6 Å². The van der Waals surface area contributed by atoms with Crippen molar-refractivity contribution in [3.63, 3.8) is 0 Å². The Morgan fingerprint density at radius 1 is 1.00 bits per heavy atom. The Kier molecular flexibility index (Phi) is 4.12. The van der Waals surface area contributed by atoms with Crippen LogP contribution in [0.2, 0.25) is 0 Å². The molecular weight excluding hydrogens is 340 g/mol. The zero-order valence-electron chi connectivity index (χ0n) is 15.0. The summed E-state index contributed by atoms with van der Waals surface area (Å²) in [5.41, 5.74) is 5.77. The Labute approximate surface area is 156 Å². The number of nitrogens with zero attached hydrogens (tertiary/aromatic N) is 2. The first kappa shape index (κ1) is 16.8. The quantitative estimate of drug-likeness (QED) is 0.489. The number of benzene rings is 3. The minimum Gasteiger partial charge on any atom is -0.508 e. The third-order valence-corrected chi connectivity index (χ3v) is 4.44. The molecule has 0 radical (unpaired) electrons. The van der Waals surface area contributed by atoms with E-state index in [4.69, 9.17) is 4.42 Å². The van der Waals surface area contributed by atoms with E-state index in [0.29, 0.717) is 11.5 Å². The van der Waals surface area contributed by atoms with E-state index >= 15 is 0 Å². The van der Waals surface area contributed by atoms with E-state index in [1.165, 1.54) is 12.1 Å². The third kappa shape index (κ3) is 3.27. The second-order valence-electron chi connectivity index (χ2n) is 6.44. The smallest absolute Gasteiger partial charge is 0.227 e. The van der Waals surface area contributed by atoms with Crippen molar-refractivity contribution in [2.45, 2.75) is 13.8 Å². The molecule has 0 aliphatic carbocycles. The summed E-state index contributed by atoms with van der Waals surface area (Å²) in [5, 5.41) is 19.3. The summed E-state index contributed by atoms with van der Waals surface area (Å²) in [7, 11) is 0. The van der Waals surface area contributed by atoms with Gasteiger partial charge in [-0.15, -0.1) is 0 Å². The van der Waals surface area contributed by atoms with Crippen LogP contribution < -0.4 is 0 Å². The Bertz CT molecular complexity index is 1180. The van der Waals surface area contributed by atoms with Crippen LogP contribution in [-0.2, 0) is 0 Å². The molecule has 4 rings (SSSR count). The number of oxazole rings is 1. The first-order valence-corrected chi connectivity index (χ1v) is 8.54. The van der Waals surface area contributed by atoms with Crippen LogP contribution in [0.5, 0.6) is 11.5 Å². The van der Waals surface area contributed by atoms with Crippen molar-refractivity contribution in [2.24, 2.45) is 4.99 Å². The zero-order valence-corrected chi connectivity index (χ0v) is 15.0. The number of aromatic hydroxyl groups is 2. The molecule has 0 bridgehead atoms. The number of aryl methyl sites for hydroxylation is 1. The van der Waals surface area contributed by atoms with Gasteiger partial charge in [0.1, 0.15) is 17.0 Å². The van der Waals surface area contributed by atoms with Crippen molar-refractivity contribution in [3.8, 4) is 23.0 Å². The van der Waals surface area contributed by atoms with Gasteiger partial charge in [-0.3, -0.25) is 4.99 Å². The van der Waals surface area contributed by atoms with Crippen molar-refractivity contribution >= 4 is 23.0 Å². The summed E-state index contributed by atoms with van der Waals surface area (Å²) in [6.45, 7) is 3.98. The maximum absolute atomic E-state index is 9.90. The predicted molar refractivity (Wildman–Crippen MR) is 106 cm³/mol. The molecule has 0 saturated carbocycles. The molecule has 0 spiro atoms. The molecule has 1 aromatic heterocycles. The average molecular weight is 358 g/mol. The first-order chi connectivity index (χ1) is 13.0. The van der Waals surface area contributed by atoms with E-state index in [1.807, 2.05) is 50.2 Å². The summed E-state index contributed by atoms with van der Waals surface area (Å²) in [6, 6.07) is 16.0. The highest BCUT2D eigenvalue weighted by Crippen LogP contribution is 2.32. The monoisotopic (exact) mass is 358 g/mol. The minimum atomic E-state index is -0.0260. The van der Waals surface area contributed by atoms with Crippen molar-refractivity contribution in [3.05, 3.63) is 71.3 Å². The van der Waals surface area contributed by atoms with Gasteiger partial charge in [-0.25, -0.2) is 4.98 Å². The maximum Gasteiger partial charge on any atom is 0.227 e. The van der Waals surface area contributed by atoms with E-state index in [0.717, 1.165) is 33.5 Å². The van der Waals surface area contributed by atoms with Gasteiger partial charge in [0.25, 0.3) is 0 Å². The van der Waals surface area contributed by atoms with Gasteiger partial charge in [-0.05, 0) is 61.4 Å². The molecule has 0 aliphatic heterocycles. The van der Waals surface area contributed by atoms with Crippen LogP contribution in [0, 0.1) is 13.8 Å². The number of phenolic OH excluding ortho intramolecular Hbond substituents is 2. The topological polar surface area (TPSA) is 78.9 Å². The average Bonchev–Trinajstić information content (AvgIpc) is 3.05. The van der Waals surface area contributed by atoms with Gasteiger partial charge < -0.3 is 14.6 Å². The molecule has 3 aromatic carbocycles. The SMILES string of the molecule is Cc1ccc2oc(-c3cccc(N=Cc4ccc(O)cc4O)c3C)nc2c1. The second-order valence-corrected chi connectivity index (χ2v) is 6.44. The number of rotatable bonds is 3. The largest absolute Gasteiger partial charge is 0.508 e. The molecule has 0 saturated heterocycles.